The Labute approximate surface area is 167 Å². The van der Waals surface area contributed by atoms with E-state index in [-0.39, 0.29) is 5.41 Å². The standard InChI is InChI=1S/C23H29ClO3/c1-5-18-13-16-14-19(8-10-21(16)27-18)25-11-6-12-26-22-9-7-17(15-20(22)24)23(2,3)4/h7-10,14-15,18H,5-6,11-13H2,1-4H3. The number of ether oxygens (including phenoxy) is 3. The second-order valence-electron chi connectivity index (χ2n) is 8.07. The Kier molecular flexibility index (Phi) is 6.21. The lowest BCUT2D eigenvalue weighted by atomic mass is 9.87. The molecule has 2 aromatic rings. The van der Waals surface area contributed by atoms with Gasteiger partial charge in [0.25, 0.3) is 0 Å². The van der Waals surface area contributed by atoms with Gasteiger partial charge >= 0.3 is 0 Å². The summed E-state index contributed by atoms with van der Waals surface area (Å²) < 4.78 is 17.5. The Hall–Kier alpha value is -1.87. The van der Waals surface area contributed by atoms with Crippen molar-refractivity contribution >= 4 is 11.6 Å². The highest BCUT2D eigenvalue weighted by Crippen LogP contribution is 2.33. The number of hydrogen-bond acceptors (Lipinski definition) is 3. The van der Waals surface area contributed by atoms with E-state index in [4.69, 9.17) is 25.8 Å². The summed E-state index contributed by atoms with van der Waals surface area (Å²) in [5.74, 6) is 2.61. The maximum absolute atomic E-state index is 6.35. The molecule has 2 aromatic carbocycles. The van der Waals surface area contributed by atoms with Crippen molar-refractivity contribution in [3.05, 3.63) is 52.5 Å². The van der Waals surface area contributed by atoms with Crippen molar-refractivity contribution in [2.45, 2.75) is 58.5 Å². The van der Waals surface area contributed by atoms with Crippen LogP contribution in [0.2, 0.25) is 5.02 Å². The number of hydrogen-bond donors (Lipinski definition) is 0. The van der Waals surface area contributed by atoms with E-state index in [0.29, 0.717) is 24.3 Å². The van der Waals surface area contributed by atoms with Crippen LogP contribution >= 0.6 is 11.6 Å². The van der Waals surface area contributed by atoms with E-state index in [9.17, 15) is 0 Å². The van der Waals surface area contributed by atoms with Gasteiger partial charge in [0.05, 0.1) is 18.2 Å². The zero-order chi connectivity index (χ0) is 19.4. The van der Waals surface area contributed by atoms with Crippen molar-refractivity contribution in [2.75, 3.05) is 13.2 Å². The first-order chi connectivity index (χ1) is 12.9. The summed E-state index contributed by atoms with van der Waals surface area (Å²) in [7, 11) is 0. The van der Waals surface area contributed by atoms with Crippen molar-refractivity contribution in [1.82, 2.24) is 0 Å². The second-order valence-corrected chi connectivity index (χ2v) is 8.47. The molecule has 1 aliphatic heterocycles. The van der Waals surface area contributed by atoms with Crippen molar-refractivity contribution in [2.24, 2.45) is 0 Å². The summed E-state index contributed by atoms with van der Waals surface area (Å²) in [4.78, 5) is 0. The van der Waals surface area contributed by atoms with Gasteiger partial charge in [-0.1, -0.05) is 45.4 Å². The third-order valence-corrected chi connectivity index (χ3v) is 5.14. The highest BCUT2D eigenvalue weighted by Gasteiger charge is 2.21. The van der Waals surface area contributed by atoms with E-state index in [2.05, 4.69) is 39.8 Å². The third-order valence-electron chi connectivity index (χ3n) is 4.84. The number of fused-ring (bicyclic) bond motifs is 1. The van der Waals surface area contributed by atoms with E-state index in [1.807, 2.05) is 24.3 Å². The predicted molar refractivity (Wildman–Crippen MR) is 111 cm³/mol. The van der Waals surface area contributed by atoms with Crippen molar-refractivity contribution < 1.29 is 14.2 Å². The molecule has 27 heavy (non-hydrogen) atoms. The van der Waals surface area contributed by atoms with Crippen LogP contribution in [0.4, 0.5) is 0 Å². The molecule has 146 valence electrons. The maximum Gasteiger partial charge on any atom is 0.137 e. The molecular formula is C23H29ClO3. The van der Waals surface area contributed by atoms with Crippen LogP contribution in [-0.2, 0) is 11.8 Å². The van der Waals surface area contributed by atoms with Crippen LogP contribution < -0.4 is 14.2 Å². The summed E-state index contributed by atoms with van der Waals surface area (Å²) in [6.07, 6.45) is 3.09. The van der Waals surface area contributed by atoms with Gasteiger partial charge in [-0.25, -0.2) is 0 Å². The summed E-state index contributed by atoms with van der Waals surface area (Å²) in [5.41, 5.74) is 2.52. The van der Waals surface area contributed by atoms with Crippen LogP contribution in [0.25, 0.3) is 0 Å². The summed E-state index contributed by atoms with van der Waals surface area (Å²) in [6, 6.07) is 12.1. The van der Waals surface area contributed by atoms with Gasteiger partial charge in [0.15, 0.2) is 0 Å². The molecule has 0 amide bonds. The molecule has 4 heteroatoms. The fourth-order valence-electron chi connectivity index (χ4n) is 3.13. The van der Waals surface area contributed by atoms with E-state index in [1.54, 1.807) is 0 Å². The molecule has 3 rings (SSSR count). The second kappa shape index (κ2) is 8.43. The molecule has 1 unspecified atom stereocenters. The largest absolute Gasteiger partial charge is 0.493 e. The first kappa shape index (κ1) is 19.9. The minimum atomic E-state index is 0.0774. The quantitative estimate of drug-likeness (QED) is 0.528. The van der Waals surface area contributed by atoms with Gasteiger partial charge in [-0.3, -0.25) is 0 Å². The topological polar surface area (TPSA) is 27.7 Å². The normalized spacial score (nSPS) is 16.0. The SMILES string of the molecule is CCC1Cc2cc(OCCCOc3ccc(C(C)(C)C)cc3Cl)ccc2O1. The lowest BCUT2D eigenvalue weighted by Gasteiger charge is -2.20. The Morgan fingerprint density at radius 1 is 1.07 bits per heavy atom. The lowest BCUT2D eigenvalue weighted by Crippen LogP contribution is -2.11. The average molecular weight is 389 g/mol. The molecule has 1 atom stereocenters. The van der Waals surface area contributed by atoms with Gasteiger partial charge < -0.3 is 14.2 Å². The molecule has 0 radical (unpaired) electrons. The van der Waals surface area contributed by atoms with Crippen LogP contribution in [-0.4, -0.2) is 19.3 Å². The Bertz CT molecular complexity index is 780. The molecule has 0 fully saturated rings. The molecule has 0 aromatic heterocycles. The average Bonchev–Trinajstić information content (AvgIpc) is 3.04. The van der Waals surface area contributed by atoms with E-state index in [1.165, 1.54) is 11.1 Å². The van der Waals surface area contributed by atoms with Crippen molar-refractivity contribution in [1.29, 1.82) is 0 Å². The highest BCUT2D eigenvalue weighted by atomic mass is 35.5. The number of halogens is 1. The van der Waals surface area contributed by atoms with Crippen LogP contribution in [0.1, 0.15) is 51.7 Å². The van der Waals surface area contributed by atoms with Crippen LogP contribution in [0.15, 0.2) is 36.4 Å². The van der Waals surface area contributed by atoms with E-state index >= 15 is 0 Å². The van der Waals surface area contributed by atoms with Crippen molar-refractivity contribution in [3.63, 3.8) is 0 Å². The van der Waals surface area contributed by atoms with Crippen LogP contribution in [0.3, 0.4) is 0 Å². The van der Waals surface area contributed by atoms with E-state index in [0.717, 1.165) is 36.5 Å². The molecule has 0 spiro atoms. The van der Waals surface area contributed by atoms with Crippen LogP contribution in [0, 0.1) is 0 Å². The zero-order valence-electron chi connectivity index (χ0n) is 16.7. The van der Waals surface area contributed by atoms with Gasteiger partial charge in [-0.05, 0) is 47.7 Å². The minimum absolute atomic E-state index is 0.0774. The van der Waals surface area contributed by atoms with Gasteiger partial charge in [0.1, 0.15) is 23.4 Å². The number of rotatable bonds is 7. The maximum atomic E-state index is 6.35. The van der Waals surface area contributed by atoms with Gasteiger partial charge in [-0.15, -0.1) is 0 Å². The fourth-order valence-corrected chi connectivity index (χ4v) is 3.36. The zero-order valence-corrected chi connectivity index (χ0v) is 17.4. The Morgan fingerprint density at radius 3 is 2.56 bits per heavy atom. The smallest absolute Gasteiger partial charge is 0.137 e. The fraction of sp³-hybridized carbons (Fsp3) is 0.478. The molecule has 3 nitrogen and oxygen atoms in total. The van der Waals surface area contributed by atoms with Crippen molar-refractivity contribution in [3.8, 4) is 17.2 Å². The summed E-state index contributed by atoms with van der Waals surface area (Å²) in [6.45, 7) is 9.84. The monoisotopic (exact) mass is 388 g/mol. The highest BCUT2D eigenvalue weighted by molar-refractivity contribution is 6.32. The van der Waals surface area contributed by atoms with Gasteiger partial charge in [0, 0.05) is 18.4 Å². The Morgan fingerprint density at radius 2 is 1.85 bits per heavy atom. The molecule has 0 bridgehead atoms. The summed E-state index contributed by atoms with van der Waals surface area (Å²) in [5, 5.41) is 0.660. The molecule has 1 heterocycles. The van der Waals surface area contributed by atoms with Crippen LogP contribution in [0.5, 0.6) is 17.2 Å². The predicted octanol–water partition coefficient (Wildman–Crippen LogP) is 6.20. The van der Waals surface area contributed by atoms with E-state index < -0.39 is 0 Å². The molecule has 0 saturated carbocycles. The molecule has 0 N–H and O–H groups in total. The molecule has 0 aliphatic carbocycles. The minimum Gasteiger partial charge on any atom is -0.493 e. The molecular weight excluding hydrogens is 360 g/mol. The lowest BCUT2D eigenvalue weighted by molar-refractivity contribution is 0.228. The first-order valence-corrected chi connectivity index (χ1v) is 10.1. The number of benzene rings is 2. The molecule has 0 saturated heterocycles. The van der Waals surface area contributed by atoms with Gasteiger partial charge in [0.2, 0.25) is 0 Å². The third kappa shape index (κ3) is 5.10. The Balaban J connectivity index is 1.44. The summed E-state index contributed by atoms with van der Waals surface area (Å²) >= 11 is 6.35. The molecule has 1 aliphatic rings. The van der Waals surface area contributed by atoms with Gasteiger partial charge in [-0.2, -0.15) is 0 Å². The first-order valence-electron chi connectivity index (χ1n) is 9.72.